The molecule has 1 aliphatic rings. The van der Waals surface area contributed by atoms with Gasteiger partial charge in [-0.15, -0.1) is 0 Å². The van der Waals surface area contributed by atoms with Crippen LogP contribution in [0.15, 0.2) is 30.6 Å². The Morgan fingerprint density at radius 3 is 2.41 bits per heavy atom. The summed E-state index contributed by atoms with van der Waals surface area (Å²) in [4.78, 5) is 22.7. The highest BCUT2D eigenvalue weighted by Gasteiger charge is 2.36. The summed E-state index contributed by atoms with van der Waals surface area (Å²) in [6.45, 7) is 6.48. The minimum atomic E-state index is -4.57. The SMILES string of the molecule is Cc1cc(C)cc(OC(C)C(=O)N2CCC(c3cc(C(F)(F)F)n4ncnc4n3)CC2)c1. The Kier molecular flexibility index (Phi) is 5.79. The standard InChI is InChI=1S/C22H24F3N5O2/c1-13-8-14(2)10-17(9-13)32-15(3)20(31)29-6-4-16(5-7-29)18-11-19(22(23,24)25)30-21(28-18)26-12-27-30/h8-12,15-16H,4-7H2,1-3H3. The molecule has 0 spiro atoms. The zero-order valence-electron chi connectivity index (χ0n) is 18.1. The summed E-state index contributed by atoms with van der Waals surface area (Å²) < 4.78 is 46.9. The topological polar surface area (TPSA) is 72.6 Å². The number of hydrogen-bond acceptors (Lipinski definition) is 5. The van der Waals surface area contributed by atoms with Gasteiger partial charge in [0.05, 0.1) is 0 Å². The molecule has 1 aromatic carbocycles. The molecule has 1 fully saturated rings. The van der Waals surface area contributed by atoms with E-state index < -0.39 is 18.0 Å². The molecule has 1 saturated heterocycles. The van der Waals surface area contributed by atoms with Crippen LogP contribution in [0.1, 0.15) is 48.2 Å². The first kappa shape index (κ1) is 22.0. The number of likely N-dealkylation sites (tertiary alicyclic amines) is 1. The summed E-state index contributed by atoms with van der Waals surface area (Å²) in [7, 11) is 0. The molecule has 170 valence electrons. The fourth-order valence-electron chi connectivity index (χ4n) is 4.15. The van der Waals surface area contributed by atoms with Crippen molar-refractivity contribution in [3.63, 3.8) is 0 Å². The molecule has 1 aliphatic heterocycles. The number of hydrogen-bond donors (Lipinski definition) is 0. The van der Waals surface area contributed by atoms with Crippen molar-refractivity contribution >= 4 is 11.7 Å². The molecule has 1 atom stereocenters. The predicted octanol–water partition coefficient (Wildman–Crippen LogP) is 3.93. The number of amides is 1. The Balaban J connectivity index is 1.43. The van der Waals surface area contributed by atoms with Crippen LogP contribution in [0.3, 0.4) is 0 Å². The highest BCUT2D eigenvalue weighted by atomic mass is 19.4. The van der Waals surface area contributed by atoms with Crippen molar-refractivity contribution in [2.45, 2.75) is 51.8 Å². The monoisotopic (exact) mass is 447 g/mol. The van der Waals surface area contributed by atoms with Gasteiger partial charge in [-0.05, 0) is 62.9 Å². The van der Waals surface area contributed by atoms with Crippen LogP contribution >= 0.6 is 0 Å². The lowest BCUT2D eigenvalue weighted by Crippen LogP contribution is -2.44. The maximum Gasteiger partial charge on any atom is 0.433 e. The van der Waals surface area contributed by atoms with Gasteiger partial charge in [0.2, 0.25) is 0 Å². The number of fused-ring (bicyclic) bond motifs is 1. The van der Waals surface area contributed by atoms with Crippen molar-refractivity contribution in [1.29, 1.82) is 0 Å². The number of alkyl halides is 3. The third kappa shape index (κ3) is 4.53. The molecule has 3 heterocycles. The van der Waals surface area contributed by atoms with Gasteiger partial charge in [0, 0.05) is 24.7 Å². The first-order valence-corrected chi connectivity index (χ1v) is 10.4. The summed E-state index contributed by atoms with van der Waals surface area (Å²) in [5.74, 6) is 0.226. The van der Waals surface area contributed by atoms with Gasteiger partial charge in [0.1, 0.15) is 12.1 Å². The normalized spacial score (nSPS) is 16.4. The van der Waals surface area contributed by atoms with E-state index in [4.69, 9.17) is 4.74 Å². The fraction of sp³-hybridized carbons (Fsp3) is 0.455. The van der Waals surface area contributed by atoms with Gasteiger partial charge in [-0.2, -0.15) is 27.8 Å². The minimum absolute atomic E-state index is 0.0798. The Labute approximate surface area is 183 Å². The van der Waals surface area contributed by atoms with E-state index in [1.807, 2.05) is 32.0 Å². The van der Waals surface area contributed by atoms with Gasteiger partial charge in [0.25, 0.3) is 11.7 Å². The summed E-state index contributed by atoms with van der Waals surface area (Å²) in [5.41, 5.74) is 1.53. The zero-order valence-corrected chi connectivity index (χ0v) is 18.1. The van der Waals surface area contributed by atoms with E-state index in [-0.39, 0.29) is 17.6 Å². The van der Waals surface area contributed by atoms with Gasteiger partial charge in [-0.1, -0.05) is 6.07 Å². The molecule has 32 heavy (non-hydrogen) atoms. The van der Waals surface area contributed by atoms with Crippen molar-refractivity contribution in [3.8, 4) is 5.75 Å². The molecule has 1 unspecified atom stereocenters. The second kappa shape index (κ2) is 8.40. The van der Waals surface area contributed by atoms with E-state index in [9.17, 15) is 18.0 Å². The predicted molar refractivity (Wildman–Crippen MR) is 110 cm³/mol. The van der Waals surface area contributed by atoms with Crippen LogP contribution < -0.4 is 4.74 Å². The number of nitrogens with zero attached hydrogens (tertiary/aromatic N) is 5. The second-order valence-corrected chi connectivity index (χ2v) is 8.22. The lowest BCUT2D eigenvalue weighted by Gasteiger charge is -2.33. The highest BCUT2D eigenvalue weighted by molar-refractivity contribution is 5.81. The van der Waals surface area contributed by atoms with Gasteiger partial charge < -0.3 is 9.64 Å². The zero-order chi connectivity index (χ0) is 23.0. The van der Waals surface area contributed by atoms with Crippen LogP contribution in [0.2, 0.25) is 0 Å². The van der Waals surface area contributed by atoms with Gasteiger partial charge in [0.15, 0.2) is 11.8 Å². The Hall–Kier alpha value is -3.17. The van der Waals surface area contributed by atoms with E-state index in [0.717, 1.165) is 23.5 Å². The number of aryl methyl sites for hydroxylation is 2. The summed E-state index contributed by atoms with van der Waals surface area (Å²) in [5, 5.41) is 3.63. The minimum Gasteiger partial charge on any atom is -0.481 e. The Morgan fingerprint density at radius 2 is 1.78 bits per heavy atom. The van der Waals surface area contributed by atoms with Crippen molar-refractivity contribution < 1.29 is 22.7 Å². The average Bonchev–Trinajstić information content (AvgIpc) is 3.19. The van der Waals surface area contributed by atoms with Crippen LogP contribution in [0.25, 0.3) is 5.78 Å². The van der Waals surface area contributed by atoms with Crippen molar-refractivity contribution in [1.82, 2.24) is 24.5 Å². The van der Waals surface area contributed by atoms with Gasteiger partial charge in [-0.25, -0.2) is 4.98 Å². The van der Waals surface area contributed by atoms with Crippen LogP contribution in [-0.4, -0.2) is 49.6 Å². The van der Waals surface area contributed by atoms with E-state index >= 15 is 0 Å². The molecule has 1 amide bonds. The molecule has 3 aromatic rings. The van der Waals surface area contributed by atoms with Crippen LogP contribution in [0, 0.1) is 13.8 Å². The third-order valence-electron chi connectivity index (χ3n) is 5.64. The average molecular weight is 447 g/mol. The van der Waals surface area contributed by atoms with E-state index in [0.29, 0.717) is 41.9 Å². The van der Waals surface area contributed by atoms with E-state index in [1.54, 1.807) is 11.8 Å². The maximum atomic E-state index is 13.4. The lowest BCUT2D eigenvalue weighted by atomic mass is 9.92. The van der Waals surface area contributed by atoms with E-state index in [1.165, 1.54) is 0 Å². The van der Waals surface area contributed by atoms with Crippen molar-refractivity contribution in [2.24, 2.45) is 0 Å². The number of halogens is 3. The smallest absolute Gasteiger partial charge is 0.433 e. The largest absolute Gasteiger partial charge is 0.481 e. The van der Waals surface area contributed by atoms with Crippen molar-refractivity contribution in [3.05, 3.63) is 53.1 Å². The lowest BCUT2D eigenvalue weighted by molar-refractivity contribution is -0.142. The first-order chi connectivity index (χ1) is 15.1. The first-order valence-electron chi connectivity index (χ1n) is 10.4. The van der Waals surface area contributed by atoms with Crippen LogP contribution in [0.5, 0.6) is 5.75 Å². The molecule has 10 heteroatoms. The molecular weight excluding hydrogens is 423 g/mol. The number of carbonyl (C=O) groups excluding carboxylic acids is 1. The molecule has 2 aromatic heterocycles. The number of aromatic nitrogens is 4. The number of ether oxygens (including phenoxy) is 1. The van der Waals surface area contributed by atoms with Crippen molar-refractivity contribution in [2.75, 3.05) is 13.1 Å². The quantitative estimate of drug-likeness (QED) is 0.606. The van der Waals surface area contributed by atoms with E-state index in [2.05, 4.69) is 15.1 Å². The van der Waals surface area contributed by atoms with Gasteiger partial charge >= 0.3 is 6.18 Å². The fourth-order valence-corrected chi connectivity index (χ4v) is 4.15. The number of carbonyl (C=O) groups is 1. The number of rotatable bonds is 4. The Morgan fingerprint density at radius 1 is 1.12 bits per heavy atom. The maximum absolute atomic E-state index is 13.4. The summed E-state index contributed by atoms with van der Waals surface area (Å²) >= 11 is 0. The second-order valence-electron chi connectivity index (χ2n) is 8.22. The number of piperidine rings is 1. The highest BCUT2D eigenvalue weighted by Crippen LogP contribution is 2.33. The number of benzene rings is 1. The summed E-state index contributed by atoms with van der Waals surface area (Å²) in [6, 6.07) is 6.83. The molecule has 0 aliphatic carbocycles. The van der Waals surface area contributed by atoms with Crippen LogP contribution in [-0.2, 0) is 11.0 Å². The molecule has 4 rings (SSSR count). The Bertz CT molecular complexity index is 1120. The molecular formula is C22H24F3N5O2. The third-order valence-corrected chi connectivity index (χ3v) is 5.64. The molecule has 0 radical (unpaired) electrons. The molecule has 0 bridgehead atoms. The molecule has 0 saturated carbocycles. The van der Waals surface area contributed by atoms with Crippen LogP contribution in [0.4, 0.5) is 13.2 Å². The molecule has 7 nitrogen and oxygen atoms in total. The van der Waals surface area contributed by atoms with Gasteiger partial charge in [-0.3, -0.25) is 4.79 Å². The molecule has 0 N–H and O–H groups in total. The summed E-state index contributed by atoms with van der Waals surface area (Å²) in [6.07, 6.45) is -3.15.